The lowest BCUT2D eigenvalue weighted by Gasteiger charge is -2.07. The number of carbonyl (C=O) groups is 1. The lowest BCUT2D eigenvalue weighted by atomic mass is 10.1. The van der Waals surface area contributed by atoms with Gasteiger partial charge >= 0.3 is 5.97 Å². The third kappa shape index (κ3) is 2.92. The first-order chi connectivity index (χ1) is 7.58. The van der Waals surface area contributed by atoms with E-state index >= 15 is 0 Å². The summed E-state index contributed by atoms with van der Waals surface area (Å²) in [5.41, 5.74) is -0.0738. The van der Waals surface area contributed by atoms with Gasteiger partial charge in [0, 0.05) is 11.6 Å². The molecular formula is C11H12F2O3. The monoisotopic (exact) mass is 230 g/mol. The van der Waals surface area contributed by atoms with E-state index in [9.17, 15) is 13.6 Å². The van der Waals surface area contributed by atoms with Crippen LogP contribution in [0.3, 0.4) is 0 Å². The van der Waals surface area contributed by atoms with E-state index < -0.39 is 17.6 Å². The molecule has 5 heteroatoms. The maximum atomic E-state index is 13.3. The Morgan fingerprint density at radius 1 is 1.38 bits per heavy atom. The van der Waals surface area contributed by atoms with E-state index in [1.165, 1.54) is 13.2 Å². The van der Waals surface area contributed by atoms with Crippen LogP contribution in [-0.2, 0) is 16.0 Å². The molecule has 0 heterocycles. The van der Waals surface area contributed by atoms with E-state index in [1.54, 1.807) is 6.92 Å². The number of esters is 1. The zero-order chi connectivity index (χ0) is 12.1. The number of halogens is 2. The topological polar surface area (TPSA) is 35.5 Å². The highest BCUT2D eigenvalue weighted by atomic mass is 19.2. The van der Waals surface area contributed by atoms with Crippen molar-refractivity contribution in [1.82, 2.24) is 0 Å². The lowest BCUT2D eigenvalue weighted by molar-refractivity contribution is -0.142. The third-order valence-corrected chi connectivity index (χ3v) is 1.95. The highest BCUT2D eigenvalue weighted by molar-refractivity contribution is 5.72. The molecule has 0 amide bonds. The smallest absolute Gasteiger partial charge is 0.310 e. The summed E-state index contributed by atoms with van der Waals surface area (Å²) in [5, 5.41) is 0. The number of ether oxygens (including phenoxy) is 2. The molecule has 0 aliphatic rings. The van der Waals surface area contributed by atoms with Crippen molar-refractivity contribution in [3.8, 4) is 5.75 Å². The molecule has 0 atom stereocenters. The normalized spacial score (nSPS) is 10.0. The van der Waals surface area contributed by atoms with Gasteiger partial charge in [-0.1, -0.05) is 0 Å². The molecular weight excluding hydrogens is 218 g/mol. The van der Waals surface area contributed by atoms with Crippen LogP contribution in [0.2, 0.25) is 0 Å². The molecule has 1 aromatic carbocycles. The highest BCUT2D eigenvalue weighted by Gasteiger charge is 2.14. The van der Waals surface area contributed by atoms with Crippen molar-refractivity contribution in [2.24, 2.45) is 0 Å². The van der Waals surface area contributed by atoms with Gasteiger partial charge in [-0.25, -0.2) is 8.78 Å². The summed E-state index contributed by atoms with van der Waals surface area (Å²) in [4.78, 5) is 11.1. The maximum absolute atomic E-state index is 13.3. The van der Waals surface area contributed by atoms with Crippen LogP contribution in [0.4, 0.5) is 8.78 Å². The summed E-state index contributed by atoms with van der Waals surface area (Å²) < 4.78 is 35.8. The van der Waals surface area contributed by atoms with Gasteiger partial charge < -0.3 is 9.47 Å². The first-order valence-corrected chi connectivity index (χ1v) is 4.76. The Labute approximate surface area is 92.0 Å². The summed E-state index contributed by atoms with van der Waals surface area (Å²) in [6.45, 7) is 1.84. The predicted molar refractivity (Wildman–Crippen MR) is 53.2 cm³/mol. The van der Waals surface area contributed by atoms with Crippen LogP contribution >= 0.6 is 0 Å². The molecule has 0 spiro atoms. The van der Waals surface area contributed by atoms with Gasteiger partial charge in [0.25, 0.3) is 0 Å². The number of methoxy groups -OCH3 is 1. The summed E-state index contributed by atoms with van der Waals surface area (Å²) in [5.74, 6) is -2.53. The largest absolute Gasteiger partial charge is 0.497 e. The average Bonchev–Trinajstić information content (AvgIpc) is 2.24. The molecule has 0 fully saturated rings. The van der Waals surface area contributed by atoms with Crippen LogP contribution in [0.25, 0.3) is 0 Å². The number of hydrogen-bond acceptors (Lipinski definition) is 3. The molecule has 88 valence electrons. The minimum Gasteiger partial charge on any atom is -0.497 e. The van der Waals surface area contributed by atoms with Gasteiger partial charge in [-0.2, -0.15) is 0 Å². The van der Waals surface area contributed by atoms with Crippen molar-refractivity contribution < 1.29 is 23.0 Å². The van der Waals surface area contributed by atoms with E-state index in [0.29, 0.717) is 0 Å². The van der Waals surface area contributed by atoms with Gasteiger partial charge in [0.15, 0.2) is 11.6 Å². The summed E-state index contributed by atoms with van der Waals surface area (Å²) in [6, 6.07) is 2.19. The molecule has 0 saturated heterocycles. The first-order valence-electron chi connectivity index (χ1n) is 4.76. The van der Waals surface area contributed by atoms with Crippen LogP contribution in [0.15, 0.2) is 12.1 Å². The van der Waals surface area contributed by atoms with Gasteiger partial charge in [0.05, 0.1) is 20.1 Å². The zero-order valence-corrected chi connectivity index (χ0v) is 9.05. The van der Waals surface area contributed by atoms with E-state index in [4.69, 9.17) is 4.74 Å². The second-order valence-electron chi connectivity index (χ2n) is 3.06. The molecule has 3 nitrogen and oxygen atoms in total. The Morgan fingerprint density at radius 3 is 2.62 bits per heavy atom. The first kappa shape index (κ1) is 12.4. The fraction of sp³-hybridized carbons (Fsp3) is 0.364. The van der Waals surface area contributed by atoms with E-state index in [0.717, 1.165) is 6.07 Å². The van der Waals surface area contributed by atoms with Crippen molar-refractivity contribution >= 4 is 5.97 Å². The quantitative estimate of drug-likeness (QED) is 0.743. The maximum Gasteiger partial charge on any atom is 0.310 e. The zero-order valence-electron chi connectivity index (χ0n) is 9.05. The molecule has 0 unspecified atom stereocenters. The van der Waals surface area contributed by atoms with Gasteiger partial charge in [-0.05, 0) is 13.0 Å². The molecule has 0 saturated carbocycles. The number of carbonyl (C=O) groups excluding carboxylic acids is 1. The van der Waals surface area contributed by atoms with Crippen LogP contribution in [0.1, 0.15) is 12.5 Å². The molecule has 0 aliphatic heterocycles. The SMILES string of the molecule is CCOC(=O)Cc1cc(OC)cc(F)c1F. The number of hydrogen-bond donors (Lipinski definition) is 0. The molecule has 0 bridgehead atoms. The Hall–Kier alpha value is -1.65. The van der Waals surface area contributed by atoms with Gasteiger partial charge in [0.1, 0.15) is 5.75 Å². The predicted octanol–water partition coefficient (Wildman–Crippen LogP) is 2.08. The molecule has 1 aromatic rings. The number of benzene rings is 1. The minimum atomic E-state index is -1.05. The Morgan fingerprint density at radius 2 is 2.06 bits per heavy atom. The second-order valence-corrected chi connectivity index (χ2v) is 3.06. The van der Waals surface area contributed by atoms with Gasteiger partial charge in [-0.15, -0.1) is 0 Å². The lowest BCUT2D eigenvalue weighted by Crippen LogP contribution is -2.09. The average molecular weight is 230 g/mol. The van der Waals surface area contributed by atoms with Gasteiger partial charge in [0.2, 0.25) is 0 Å². The van der Waals surface area contributed by atoms with E-state index in [2.05, 4.69) is 4.74 Å². The molecule has 0 aliphatic carbocycles. The highest BCUT2D eigenvalue weighted by Crippen LogP contribution is 2.20. The molecule has 16 heavy (non-hydrogen) atoms. The van der Waals surface area contributed by atoms with E-state index in [-0.39, 0.29) is 24.3 Å². The fourth-order valence-electron chi connectivity index (χ4n) is 1.23. The standard InChI is InChI=1S/C11H12F2O3/c1-3-16-10(14)5-7-4-8(15-2)6-9(12)11(7)13/h4,6H,3,5H2,1-2H3. The Bertz CT molecular complexity index is 391. The van der Waals surface area contributed by atoms with Crippen molar-refractivity contribution in [3.05, 3.63) is 29.3 Å². The van der Waals surface area contributed by atoms with Crippen LogP contribution in [-0.4, -0.2) is 19.7 Å². The van der Waals surface area contributed by atoms with Crippen molar-refractivity contribution in [1.29, 1.82) is 0 Å². The fourth-order valence-corrected chi connectivity index (χ4v) is 1.23. The van der Waals surface area contributed by atoms with E-state index in [1.807, 2.05) is 0 Å². The van der Waals surface area contributed by atoms with Gasteiger partial charge in [-0.3, -0.25) is 4.79 Å². The third-order valence-electron chi connectivity index (χ3n) is 1.95. The number of rotatable bonds is 4. The van der Waals surface area contributed by atoms with Crippen LogP contribution < -0.4 is 4.74 Å². The summed E-state index contributed by atoms with van der Waals surface area (Å²) in [7, 11) is 1.33. The van der Waals surface area contributed by atoms with Crippen LogP contribution in [0, 0.1) is 11.6 Å². The molecule has 0 aromatic heterocycles. The Balaban J connectivity index is 2.94. The van der Waals surface area contributed by atoms with Crippen molar-refractivity contribution in [2.45, 2.75) is 13.3 Å². The molecule has 1 rings (SSSR count). The minimum absolute atomic E-state index is 0.0738. The van der Waals surface area contributed by atoms with Crippen LogP contribution in [0.5, 0.6) is 5.75 Å². The van der Waals surface area contributed by atoms with Crippen molar-refractivity contribution in [2.75, 3.05) is 13.7 Å². The molecule has 0 radical (unpaired) electrons. The second kappa shape index (κ2) is 5.44. The summed E-state index contributed by atoms with van der Waals surface area (Å²) in [6.07, 6.45) is -0.312. The summed E-state index contributed by atoms with van der Waals surface area (Å²) >= 11 is 0. The van der Waals surface area contributed by atoms with Crippen molar-refractivity contribution in [3.63, 3.8) is 0 Å². The molecule has 0 N–H and O–H groups in total. The Kier molecular flexibility index (Phi) is 4.22.